The number of rotatable bonds is 6. The van der Waals surface area contributed by atoms with Gasteiger partial charge in [0, 0.05) is 11.3 Å². The Balaban J connectivity index is 1.29. The lowest BCUT2D eigenvalue weighted by atomic mass is 9.86. The Hall–Kier alpha value is -1.89. The zero-order valence-corrected chi connectivity index (χ0v) is 15.5. The summed E-state index contributed by atoms with van der Waals surface area (Å²) in [6.45, 7) is -0.319. The van der Waals surface area contributed by atoms with Crippen LogP contribution >= 0.6 is 11.3 Å². The van der Waals surface area contributed by atoms with E-state index in [0.717, 1.165) is 42.0 Å². The van der Waals surface area contributed by atoms with Crippen LogP contribution in [-0.2, 0) is 27.2 Å². The second kappa shape index (κ2) is 7.02. The van der Waals surface area contributed by atoms with Gasteiger partial charge in [-0.25, -0.2) is 0 Å². The van der Waals surface area contributed by atoms with Crippen molar-refractivity contribution >= 4 is 34.1 Å². The van der Waals surface area contributed by atoms with Gasteiger partial charge in [0.2, 0.25) is 0 Å². The summed E-state index contributed by atoms with van der Waals surface area (Å²) in [5.74, 6) is 0.622. The largest absolute Gasteiger partial charge is 0.456 e. The van der Waals surface area contributed by atoms with Crippen LogP contribution in [0.5, 0.6) is 0 Å². The summed E-state index contributed by atoms with van der Waals surface area (Å²) in [5.41, 5.74) is 6.87. The molecule has 3 aliphatic carbocycles. The van der Waals surface area contributed by atoms with Crippen LogP contribution in [0, 0.1) is 17.8 Å². The van der Waals surface area contributed by atoms with E-state index in [1.165, 1.54) is 30.6 Å². The highest BCUT2D eigenvalue weighted by molar-refractivity contribution is 7.17. The smallest absolute Gasteiger partial charge is 0.306 e. The molecule has 4 rings (SSSR count). The van der Waals surface area contributed by atoms with Crippen molar-refractivity contribution in [2.24, 2.45) is 23.5 Å². The number of aryl methyl sites for hydroxylation is 1. The van der Waals surface area contributed by atoms with Crippen LogP contribution < -0.4 is 11.1 Å². The summed E-state index contributed by atoms with van der Waals surface area (Å²) < 4.78 is 5.16. The highest BCUT2D eigenvalue weighted by Gasteiger charge is 2.40. The number of thiophene rings is 1. The number of amides is 2. The van der Waals surface area contributed by atoms with E-state index in [1.54, 1.807) is 0 Å². The number of nitrogens with two attached hydrogens (primary N) is 1. The number of hydrogen-bond acceptors (Lipinski definition) is 5. The van der Waals surface area contributed by atoms with Crippen molar-refractivity contribution in [2.75, 3.05) is 11.9 Å². The molecule has 2 bridgehead atoms. The maximum absolute atomic E-state index is 12.1. The van der Waals surface area contributed by atoms with Crippen LogP contribution in [0.15, 0.2) is 0 Å². The van der Waals surface area contributed by atoms with Gasteiger partial charge in [0.1, 0.15) is 5.00 Å². The molecule has 0 aromatic carbocycles. The predicted octanol–water partition coefficient (Wildman–Crippen LogP) is 2.64. The van der Waals surface area contributed by atoms with E-state index in [2.05, 4.69) is 5.32 Å². The second-order valence-corrected chi connectivity index (χ2v) is 8.88. The van der Waals surface area contributed by atoms with Crippen LogP contribution in [0.2, 0.25) is 0 Å². The number of ether oxygens (including phenoxy) is 1. The van der Waals surface area contributed by atoms with E-state index in [0.29, 0.717) is 28.8 Å². The molecule has 7 heteroatoms. The number of primary amides is 1. The molecule has 1 aromatic rings. The van der Waals surface area contributed by atoms with Gasteiger partial charge in [-0.15, -0.1) is 11.3 Å². The molecule has 26 heavy (non-hydrogen) atoms. The molecule has 2 fully saturated rings. The molecule has 3 atom stereocenters. The maximum Gasteiger partial charge on any atom is 0.306 e. The lowest BCUT2D eigenvalue weighted by Crippen LogP contribution is -2.24. The molecule has 0 unspecified atom stereocenters. The average Bonchev–Trinajstić information content (AvgIpc) is 3.32. The molecule has 0 spiro atoms. The fourth-order valence-electron chi connectivity index (χ4n) is 4.96. The highest BCUT2D eigenvalue weighted by Crippen LogP contribution is 2.49. The van der Waals surface area contributed by atoms with Gasteiger partial charge in [-0.2, -0.15) is 0 Å². The van der Waals surface area contributed by atoms with Crippen molar-refractivity contribution in [1.29, 1.82) is 0 Å². The van der Waals surface area contributed by atoms with E-state index in [1.807, 2.05) is 0 Å². The predicted molar refractivity (Wildman–Crippen MR) is 98.0 cm³/mol. The minimum Gasteiger partial charge on any atom is -0.456 e. The van der Waals surface area contributed by atoms with Gasteiger partial charge in [-0.1, -0.05) is 6.42 Å². The minimum absolute atomic E-state index is 0.304. The van der Waals surface area contributed by atoms with Crippen LogP contribution in [0.1, 0.15) is 59.3 Å². The third-order valence-corrected chi connectivity index (χ3v) is 7.31. The number of carbonyl (C=O) groups is 3. The molecule has 140 valence electrons. The van der Waals surface area contributed by atoms with Crippen molar-refractivity contribution in [3.63, 3.8) is 0 Å². The Labute approximate surface area is 156 Å². The minimum atomic E-state index is -0.520. The average molecular weight is 376 g/mol. The Bertz CT molecular complexity index is 757. The first-order valence-electron chi connectivity index (χ1n) is 9.41. The van der Waals surface area contributed by atoms with Crippen LogP contribution in [0.3, 0.4) is 0 Å². The van der Waals surface area contributed by atoms with E-state index in [4.69, 9.17) is 10.5 Å². The molecule has 6 nitrogen and oxygen atoms in total. The van der Waals surface area contributed by atoms with Gasteiger partial charge in [0.15, 0.2) is 6.61 Å². The van der Waals surface area contributed by atoms with Gasteiger partial charge in [0.25, 0.3) is 11.8 Å². The fourth-order valence-corrected chi connectivity index (χ4v) is 6.27. The van der Waals surface area contributed by atoms with Crippen LogP contribution in [-0.4, -0.2) is 24.4 Å². The molecule has 0 radical (unpaired) electrons. The SMILES string of the molecule is NC(=O)c1c(NC(=O)COC(=O)C[C@@H]2C[C@@H]3CC[C@@H]2C3)sc2c1CCC2. The number of esters is 1. The highest BCUT2D eigenvalue weighted by atomic mass is 32.1. The number of anilines is 1. The number of carbonyl (C=O) groups excluding carboxylic acids is 3. The van der Waals surface area contributed by atoms with Crippen molar-refractivity contribution in [3.8, 4) is 0 Å². The first-order chi connectivity index (χ1) is 12.5. The van der Waals surface area contributed by atoms with E-state index in [-0.39, 0.29) is 12.6 Å². The Morgan fingerprint density at radius 3 is 2.73 bits per heavy atom. The lowest BCUT2D eigenvalue weighted by Gasteiger charge is -2.20. The number of fused-ring (bicyclic) bond motifs is 3. The van der Waals surface area contributed by atoms with E-state index < -0.39 is 11.8 Å². The van der Waals surface area contributed by atoms with Gasteiger partial charge in [-0.3, -0.25) is 14.4 Å². The van der Waals surface area contributed by atoms with Crippen LogP contribution in [0.25, 0.3) is 0 Å². The summed E-state index contributed by atoms with van der Waals surface area (Å²) in [7, 11) is 0. The van der Waals surface area contributed by atoms with Gasteiger partial charge in [-0.05, 0) is 61.8 Å². The molecule has 2 amide bonds. The Morgan fingerprint density at radius 1 is 1.19 bits per heavy atom. The normalized spacial score (nSPS) is 25.9. The number of nitrogens with one attached hydrogen (secondary N) is 1. The van der Waals surface area contributed by atoms with Crippen molar-refractivity contribution in [3.05, 3.63) is 16.0 Å². The quantitative estimate of drug-likeness (QED) is 0.746. The van der Waals surface area contributed by atoms with Crippen molar-refractivity contribution in [2.45, 2.75) is 51.4 Å². The Morgan fingerprint density at radius 2 is 2.04 bits per heavy atom. The van der Waals surface area contributed by atoms with Gasteiger partial charge >= 0.3 is 5.97 Å². The molecule has 1 aromatic heterocycles. The molecule has 1 heterocycles. The standard InChI is InChI=1S/C19H24N2O4S/c20-18(24)17-13-2-1-3-14(13)26-19(17)21-15(22)9-25-16(23)8-12-7-10-4-5-11(12)6-10/h10-12H,1-9H2,(H2,20,24)(H,21,22)/t10-,11-,12+/m1/s1. The maximum atomic E-state index is 12.1. The zero-order valence-electron chi connectivity index (χ0n) is 14.7. The van der Waals surface area contributed by atoms with Crippen molar-refractivity contribution in [1.82, 2.24) is 0 Å². The topological polar surface area (TPSA) is 98.5 Å². The summed E-state index contributed by atoms with van der Waals surface area (Å²) in [5, 5.41) is 3.18. The first-order valence-corrected chi connectivity index (χ1v) is 10.2. The summed E-state index contributed by atoms with van der Waals surface area (Å²) in [4.78, 5) is 37.0. The first kappa shape index (κ1) is 17.5. The summed E-state index contributed by atoms with van der Waals surface area (Å²) >= 11 is 1.40. The van der Waals surface area contributed by atoms with Gasteiger partial charge in [0.05, 0.1) is 5.56 Å². The third-order valence-electron chi connectivity index (χ3n) is 6.10. The van der Waals surface area contributed by atoms with Gasteiger partial charge < -0.3 is 15.8 Å². The third kappa shape index (κ3) is 3.37. The zero-order chi connectivity index (χ0) is 18.3. The lowest BCUT2D eigenvalue weighted by molar-refractivity contribution is -0.148. The molecule has 3 N–H and O–H groups in total. The summed E-state index contributed by atoms with van der Waals surface area (Å²) in [6.07, 6.45) is 8.04. The number of hydrogen-bond donors (Lipinski definition) is 2. The molecular formula is C19H24N2O4S. The molecule has 0 saturated heterocycles. The molecule has 0 aliphatic heterocycles. The van der Waals surface area contributed by atoms with Crippen molar-refractivity contribution < 1.29 is 19.1 Å². The monoisotopic (exact) mass is 376 g/mol. The molecular weight excluding hydrogens is 352 g/mol. The Kier molecular flexibility index (Phi) is 4.73. The van der Waals surface area contributed by atoms with Crippen LogP contribution in [0.4, 0.5) is 5.00 Å². The summed E-state index contributed by atoms with van der Waals surface area (Å²) in [6, 6.07) is 0. The second-order valence-electron chi connectivity index (χ2n) is 7.77. The van der Waals surface area contributed by atoms with E-state index >= 15 is 0 Å². The molecule has 3 aliphatic rings. The fraction of sp³-hybridized carbons (Fsp3) is 0.632. The molecule has 2 saturated carbocycles. The van der Waals surface area contributed by atoms with E-state index in [9.17, 15) is 14.4 Å².